The molecule has 12 heteroatoms. The molecular weight excluding hydrogens is 488 g/mol. The van der Waals surface area contributed by atoms with E-state index in [-0.39, 0.29) is 41.6 Å². The average Bonchev–Trinajstić information content (AvgIpc) is 3.62. The summed E-state index contributed by atoms with van der Waals surface area (Å²) in [5, 5.41) is 13.2. The third-order valence-corrected chi connectivity index (χ3v) is 7.37. The van der Waals surface area contributed by atoms with Gasteiger partial charge >= 0.3 is 0 Å². The van der Waals surface area contributed by atoms with E-state index in [1.54, 1.807) is 30.7 Å². The number of H-pyrrole nitrogens is 3. The monoisotopic (exact) mass is 516 g/mol. The van der Waals surface area contributed by atoms with Crippen LogP contribution < -0.4 is 10.9 Å². The number of benzene rings is 1. The zero-order valence-electron chi connectivity index (χ0n) is 20.8. The lowest BCUT2D eigenvalue weighted by molar-refractivity contribution is 0.0516. The number of imide groups is 1. The molecule has 196 valence electrons. The van der Waals surface area contributed by atoms with Crippen molar-refractivity contribution in [3.8, 4) is 11.4 Å². The molecule has 2 aliphatic heterocycles. The molecule has 5 heterocycles. The second-order valence-corrected chi connectivity index (χ2v) is 9.92. The van der Waals surface area contributed by atoms with Crippen LogP contribution in [0.5, 0.6) is 0 Å². The predicted octanol–water partition coefficient (Wildman–Crippen LogP) is 1.35. The summed E-state index contributed by atoms with van der Waals surface area (Å²) in [5.41, 5.74) is 2.92. The number of aromatic nitrogens is 5. The van der Waals surface area contributed by atoms with E-state index in [1.807, 2.05) is 7.05 Å². The number of hydrogen-bond acceptors (Lipinski definition) is 8. The molecule has 38 heavy (non-hydrogen) atoms. The first-order valence-corrected chi connectivity index (χ1v) is 12.6. The van der Waals surface area contributed by atoms with Crippen molar-refractivity contribution in [3.63, 3.8) is 0 Å². The quantitative estimate of drug-likeness (QED) is 0.230. The lowest BCUT2D eigenvalue weighted by Crippen LogP contribution is -2.46. The minimum atomic E-state index is -0.384. The van der Waals surface area contributed by atoms with Crippen molar-refractivity contribution in [2.75, 3.05) is 32.1 Å². The highest BCUT2D eigenvalue weighted by Gasteiger charge is 2.41. The van der Waals surface area contributed by atoms with Crippen molar-refractivity contribution in [2.24, 2.45) is 0 Å². The van der Waals surface area contributed by atoms with Crippen molar-refractivity contribution >= 4 is 28.5 Å². The summed E-state index contributed by atoms with van der Waals surface area (Å²) < 4.78 is 0. The number of aliphatic hydroxyl groups excluding tert-OH is 1. The minimum Gasteiger partial charge on any atom is -0.394 e. The molecule has 0 saturated carbocycles. The number of pyridine rings is 1. The summed E-state index contributed by atoms with van der Waals surface area (Å²) >= 11 is 0. The van der Waals surface area contributed by atoms with E-state index < -0.39 is 0 Å². The van der Waals surface area contributed by atoms with E-state index >= 15 is 0 Å². The van der Waals surface area contributed by atoms with Crippen molar-refractivity contribution in [1.82, 2.24) is 34.7 Å². The Labute approximate surface area is 217 Å². The van der Waals surface area contributed by atoms with Gasteiger partial charge in [-0.3, -0.25) is 19.3 Å². The van der Waals surface area contributed by atoms with Crippen LogP contribution in [0.15, 0.2) is 41.7 Å². The zero-order chi connectivity index (χ0) is 26.4. The molecule has 0 spiro atoms. The second-order valence-electron chi connectivity index (χ2n) is 9.92. The summed E-state index contributed by atoms with van der Waals surface area (Å²) in [7, 11) is 2.03. The second kappa shape index (κ2) is 9.54. The number of piperidine rings is 1. The number of anilines is 1. The number of aliphatic hydroxyl groups is 1. The predicted molar refractivity (Wildman–Crippen MR) is 140 cm³/mol. The van der Waals surface area contributed by atoms with Gasteiger partial charge in [0.1, 0.15) is 11.4 Å². The number of aromatic amines is 3. The number of fused-ring (bicyclic) bond motifs is 2. The minimum absolute atomic E-state index is 0.113. The van der Waals surface area contributed by atoms with Crippen molar-refractivity contribution in [2.45, 2.75) is 31.3 Å². The van der Waals surface area contributed by atoms with Gasteiger partial charge in [0.05, 0.1) is 46.8 Å². The van der Waals surface area contributed by atoms with Gasteiger partial charge < -0.3 is 30.3 Å². The van der Waals surface area contributed by atoms with Crippen LogP contribution in [0.25, 0.3) is 22.4 Å². The largest absolute Gasteiger partial charge is 0.394 e. The first-order valence-electron chi connectivity index (χ1n) is 12.6. The Morgan fingerprint density at radius 3 is 2.61 bits per heavy atom. The number of likely N-dealkylation sites (tertiary alicyclic amines) is 1. The molecule has 3 aromatic heterocycles. The number of amides is 2. The molecule has 2 amide bonds. The van der Waals surface area contributed by atoms with Gasteiger partial charge in [0.2, 0.25) is 0 Å². The fourth-order valence-corrected chi connectivity index (χ4v) is 5.34. The number of hydrogen-bond donors (Lipinski definition) is 5. The number of nitrogens with one attached hydrogen (secondary N) is 4. The molecule has 4 aromatic rings. The maximum atomic E-state index is 13.3. The Kier molecular flexibility index (Phi) is 6.04. The smallest absolute Gasteiger partial charge is 0.261 e. The van der Waals surface area contributed by atoms with Crippen LogP contribution in [-0.2, 0) is 6.42 Å². The maximum absolute atomic E-state index is 13.3. The van der Waals surface area contributed by atoms with Crippen LogP contribution in [0.4, 0.5) is 5.69 Å². The lowest BCUT2D eigenvalue weighted by atomic mass is 10.0. The Hall–Kier alpha value is -4.29. The first kappa shape index (κ1) is 24.1. The van der Waals surface area contributed by atoms with E-state index in [2.05, 4.69) is 35.1 Å². The van der Waals surface area contributed by atoms with Crippen molar-refractivity contribution in [3.05, 3.63) is 64.1 Å². The maximum Gasteiger partial charge on any atom is 0.261 e. The first-order chi connectivity index (χ1) is 18.4. The van der Waals surface area contributed by atoms with E-state index in [4.69, 9.17) is 0 Å². The molecule has 1 atom stereocenters. The fraction of sp³-hybridized carbons (Fsp3) is 0.346. The summed E-state index contributed by atoms with van der Waals surface area (Å²) in [6.07, 6.45) is 6.74. The molecule has 0 unspecified atom stereocenters. The van der Waals surface area contributed by atoms with Gasteiger partial charge in [-0.2, -0.15) is 0 Å². The van der Waals surface area contributed by atoms with Crippen LogP contribution in [-0.4, -0.2) is 90.5 Å². The highest BCUT2D eigenvalue weighted by atomic mass is 16.3. The molecule has 1 aromatic carbocycles. The summed E-state index contributed by atoms with van der Waals surface area (Å²) in [6, 6.07) is 4.48. The Balaban J connectivity index is 1.32. The van der Waals surface area contributed by atoms with Crippen LogP contribution in [0.2, 0.25) is 0 Å². The SMILES string of the molecule is CN1CCC(N2C(=O)c3cc4nc(-c5c(N[C@H](CO)Cc6cnc[nH]6)cc[nH]c5=O)[nH]c4cc3C2=O)CC1. The number of imidazole rings is 2. The van der Waals surface area contributed by atoms with E-state index in [0.29, 0.717) is 40.1 Å². The van der Waals surface area contributed by atoms with Gasteiger partial charge in [-0.1, -0.05) is 0 Å². The number of carbonyl (C=O) groups is 2. The molecule has 2 aliphatic rings. The standard InChI is InChI=1S/C26H28N8O4/c1-33-6-3-16(4-7-33)34-25(37)17-9-20-21(10-18(17)26(34)38)32-23(31-20)22-19(2-5-28-24(22)36)30-15(12-35)8-14-11-27-13-29-14/h2,5,9-11,13,15-16,35H,3-4,6-8,12H2,1H3,(H,27,29)(H,31,32)(H2,28,30,36)/t15-/m0/s1. The highest BCUT2D eigenvalue weighted by molar-refractivity contribution is 6.23. The molecule has 0 aliphatic carbocycles. The highest BCUT2D eigenvalue weighted by Crippen LogP contribution is 2.32. The number of nitrogens with zero attached hydrogens (tertiary/aromatic N) is 4. The van der Waals surface area contributed by atoms with Gasteiger partial charge in [0, 0.05) is 30.6 Å². The van der Waals surface area contributed by atoms with Crippen LogP contribution in [0.1, 0.15) is 39.3 Å². The van der Waals surface area contributed by atoms with Gasteiger partial charge in [-0.05, 0) is 51.2 Å². The molecule has 1 saturated heterocycles. The van der Waals surface area contributed by atoms with Crippen molar-refractivity contribution < 1.29 is 14.7 Å². The van der Waals surface area contributed by atoms with Gasteiger partial charge in [0.25, 0.3) is 17.4 Å². The van der Waals surface area contributed by atoms with Crippen LogP contribution in [0, 0.1) is 0 Å². The number of carbonyl (C=O) groups excluding carboxylic acids is 2. The third kappa shape index (κ3) is 4.17. The molecule has 6 rings (SSSR count). The summed E-state index contributed by atoms with van der Waals surface area (Å²) in [6.45, 7) is 1.51. The molecule has 1 fully saturated rings. The van der Waals surface area contributed by atoms with Crippen molar-refractivity contribution in [1.29, 1.82) is 0 Å². The van der Waals surface area contributed by atoms with Crippen LogP contribution in [0.3, 0.4) is 0 Å². The van der Waals surface area contributed by atoms with Gasteiger partial charge in [-0.25, -0.2) is 9.97 Å². The summed E-state index contributed by atoms with van der Waals surface area (Å²) in [4.78, 5) is 60.5. The van der Waals surface area contributed by atoms with Crippen LogP contribution >= 0.6 is 0 Å². The van der Waals surface area contributed by atoms with E-state index in [9.17, 15) is 19.5 Å². The Morgan fingerprint density at radius 2 is 1.89 bits per heavy atom. The molecular formula is C26H28N8O4. The fourth-order valence-electron chi connectivity index (χ4n) is 5.34. The lowest BCUT2D eigenvalue weighted by Gasteiger charge is -2.33. The Morgan fingerprint density at radius 1 is 1.13 bits per heavy atom. The van der Waals surface area contributed by atoms with Gasteiger partial charge in [-0.15, -0.1) is 0 Å². The molecule has 0 radical (unpaired) electrons. The van der Waals surface area contributed by atoms with E-state index in [1.165, 1.54) is 11.1 Å². The normalized spacial score (nSPS) is 17.4. The number of rotatable bonds is 7. The zero-order valence-corrected chi connectivity index (χ0v) is 20.8. The topological polar surface area (TPSA) is 163 Å². The third-order valence-electron chi connectivity index (χ3n) is 7.37. The molecule has 5 N–H and O–H groups in total. The average molecular weight is 517 g/mol. The Bertz CT molecular complexity index is 1510. The van der Waals surface area contributed by atoms with E-state index in [0.717, 1.165) is 31.6 Å². The molecule has 0 bridgehead atoms. The van der Waals surface area contributed by atoms with Gasteiger partial charge in [0.15, 0.2) is 0 Å². The molecule has 12 nitrogen and oxygen atoms in total. The summed E-state index contributed by atoms with van der Waals surface area (Å²) in [5.74, 6) is -0.295.